The lowest BCUT2D eigenvalue weighted by molar-refractivity contribution is 0.0955. The molecular formula is C12H9Cl2NOS. The molecule has 5 heteroatoms. The normalized spacial score (nSPS) is 10.2. The second-order valence-electron chi connectivity index (χ2n) is 3.42. The molecule has 1 aromatic carbocycles. The molecule has 1 N–H and O–H groups in total. The number of rotatable bonds is 3. The van der Waals surface area contributed by atoms with Crippen LogP contribution in [-0.2, 0) is 6.54 Å². The maximum absolute atomic E-state index is 11.7. The first-order chi connectivity index (χ1) is 8.15. The Bertz CT molecular complexity index is 539. The summed E-state index contributed by atoms with van der Waals surface area (Å²) in [6.07, 6.45) is 0. The molecule has 0 aliphatic carbocycles. The lowest BCUT2D eigenvalue weighted by Crippen LogP contribution is -2.21. The van der Waals surface area contributed by atoms with E-state index in [0.29, 0.717) is 20.8 Å². The highest BCUT2D eigenvalue weighted by atomic mass is 35.5. The highest BCUT2D eigenvalue weighted by Crippen LogP contribution is 2.21. The van der Waals surface area contributed by atoms with Gasteiger partial charge in [0.15, 0.2) is 0 Å². The summed E-state index contributed by atoms with van der Waals surface area (Å²) in [7, 11) is 0. The van der Waals surface area contributed by atoms with E-state index in [1.807, 2.05) is 18.2 Å². The molecule has 88 valence electrons. The monoisotopic (exact) mass is 285 g/mol. The number of carbonyl (C=O) groups excluding carboxylic acids is 1. The van der Waals surface area contributed by atoms with Gasteiger partial charge in [-0.15, -0.1) is 11.3 Å². The molecular weight excluding hydrogens is 277 g/mol. The number of hydrogen-bond donors (Lipinski definition) is 1. The first-order valence-corrected chi connectivity index (χ1v) is 6.50. The smallest absolute Gasteiger partial charge is 0.261 e. The van der Waals surface area contributed by atoms with Crippen molar-refractivity contribution < 1.29 is 4.79 Å². The molecule has 17 heavy (non-hydrogen) atoms. The van der Waals surface area contributed by atoms with Crippen LogP contribution in [0.2, 0.25) is 9.36 Å². The summed E-state index contributed by atoms with van der Waals surface area (Å²) in [6, 6.07) is 10.8. The molecule has 0 fully saturated rings. The van der Waals surface area contributed by atoms with E-state index in [2.05, 4.69) is 5.32 Å². The van der Waals surface area contributed by atoms with Crippen molar-refractivity contribution in [1.82, 2.24) is 5.32 Å². The van der Waals surface area contributed by atoms with Crippen molar-refractivity contribution in [3.05, 3.63) is 56.2 Å². The Kier molecular flexibility index (Phi) is 4.05. The van der Waals surface area contributed by atoms with E-state index in [4.69, 9.17) is 23.2 Å². The van der Waals surface area contributed by atoms with Gasteiger partial charge in [0, 0.05) is 11.6 Å². The Labute approximate surface area is 113 Å². The Morgan fingerprint density at radius 2 is 2.06 bits per heavy atom. The molecule has 0 aliphatic heterocycles. The fourth-order valence-corrected chi connectivity index (χ4v) is 2.53. The van der Waals surface area contributed by atoms with Gasteiger partial charge in [-0.05, 0) is 29.8 Å². The number of hydrogen-bond acceptors (Lipinski definition) is 2. The maximum Gasteiger partial charge on any atom is 0.261 e. The van der Waals surface area contributed by atoms with Crippen molar-refractivity contribution >= 4 is 40.4 Å². The van der Waals surface area contributed by atoms with Crippen LogP contribution in [0.15, 0.2) is 36.4 Å². The number of nitrogens with one attached hydrogen (secondary N) is 1. The summed E-state index contributed by atoms with van der Waals surface area (Å²) in [5, 5.41) is 3.47. The minimum absolute atomic E-state index is 0.123. The van der Waals surface area contributed by atoms with Crippen LogP contribution in [0.5, 0.6) is 0 Å². The topological polar surface area (TPSA) is 29.1 Å². The zero-order valence-corrected chi connectivity index (χ0v) is 11.1. The SMILES string of the molecule is O=C(NCc1cccc(Cl)c1)c1ccc(Cl)s1. The first kappa shape index (κ1) is 12.4. The van der Waals surface area contributed by atoms with Crippen LogP contribution < -0.4 is 5.32 Å². The van der Waals surface area contributed by atoms with Gasteiger partial charge in [0.05, 0.1) is 9.21 Å². The van der Waals surface area contributed by atoms with Gasteiger partial charge < -0.3 is 5.32 Å². The maximum atomic E-state index is 11.7. The van der Waals surface area contributed by atoms with E-state index in [9.17, 15) is 4.79 Å². The van der Waals surface area contributed by atoms with Gasteiger partial charge in [0.25, 0.3) is 5.91 Å². The average molecular weight is 286 g/mol. The quantitative estimate of drug-likeness (QED) is 0.908. The Balaban J connectivity index is 1.97. The van der Waals surface area contributed by atoms with Gasteiger partial charge in [-0.2, -0.15) is 0 Å². The summed E-state index contributed by atoms with van der Waals surface area (Å²) in [4.78, 5) is 12.3. The van der Waals surface area contributed by atoms with Crippen LogP contribution in [-0.4, -0.2) is 5.91 Å². The molecule has 2 rings (SSSR count). The Morgan fingerprint density at radius 1 is 1.24 bits per heavy atom. The highest BCUT2D eigenvalue weighted by Gasteiger charge is 2.07. The highest BCUT2D eigenvalue weighted by molar-refractivity contribution is 7.17. The Morgan fingerprint density at radius 3 is 2.71 bits per heavy atom. The van der Waals surface area contributed by atoms with Gasteiger partial charge in [-0.25, -0.2) is 0 Å². The molecule has 2 nitrogen and oxygen atoms in total. The number of halogens is 2. The van der Waals surface area contributed by atoms with Gasteiger partial charge in [-0.3, -0.25) is 4.79 Å². The molecule has 0 atom stereocenters. The summed E-state index contributed by atoms with van der Waals surface area (Å²) in [6.45, 7) is 0.453. The fourth-order valence-electron chi connectivity index (χ4n) is 1.35. The van der Waals surface area contributed by atoms with Crippen LogP contribution in [0.25, 0.3) is 0 Å². The van der Waals surface area contributed by atoms with Gasteiger partial charge in [-0.1, -0.05) is 35.3 Å². The van der Waals surface area contributed by atoms with Crippen LogP contribution >= 0.6 is 34.5 Å². The van der Waals surface area contributed by atoms with Crippen molar-refractivity contribution in [2.24, 2.45) is 0 Å². The predicted molar refractivity (Wildman–Crippen MR) is 72.0 cm³/mol. The lowest BCUT2D eigenvalue weighted by Gasteiger charge is -2.03. The zero-order chi connectivity index (χ0) is 12.3. The molecule has 0 spiro atoms. The first-order valence-electron chi connectivity index (χ1n) is 4.93. The molecule has 0 saturated heterocycles. The molecule has 1 heterocycles. The number of thiophene rings is 1. The summed E-state index contributed by atoms with van der Waals surface area (Å²) >= 11 is 12.9. The summed E-state index contributed by atoms with van der Waals surface area (Å²) in [5.41, 5.74) is 0.966. The van der Waals surface area contributed by atoms with Crippen molar-refractivity contribution in [2.75, 3.05) is 0 Å². The van der Waals surface area contributed by atoms with Crippen molar-refractivity contribution in [3.8, 4) is 0 Å². The zero-order valence-electron chi connectivity index (χ0n) is 8.74. The summed E-state index contributed by atoms with van der Waals surface area (Å²) in [5.74, 6) is -0.123. The standard InChI is InChI=1S/C12H9Cl2NOS/c13-9-3-1-2-8(6-9)7-15-12(16)10-4-5-11(14)17-10/h1-6H,7H2,(H,15,16). The third-order valence-electron chi connectivity index (χ3n) is 2.14. The largest absolute Gasteiger partial charge is 0.347 e. The molecule has 1 aromatic heterocycles. The minimum Gasteiger partial charge on any atom is -0.347 e. The predicted octanol–water partition coefficient (Wildman–Crippen LogP) is 3.98. The van der Waals surface area contributed by atoms with E-state index in [1.165, 1.54) is 11.3 Å². The lowest BCUT2D eigenvalue weighted by atomic mass is 10.2. The van der Waals surface area contributed by atoms with Gasteiger partial charge >= 0.3 is 0 Å². The van der Waals surface area contributed by atoms with Gasteiger partial charge in [0.2, 0.25) is 0 Å². The molecule has 2 aromatic rings. The van der Waals surface area contributed by atoms with E-state index >= 15 is 0 Å². The van der Waals surface area contributed by atoms with Crippen LogP contribution in [0.3, 0.4) is 0 Å². The van der Waals surface area contributed by atoms with Crippen molar-refractivity contribution in [1.29, 1.82) is 0 Å². The van der Waals surface area contributed by atoms with Crippen LogP contribution in [0.4, 0.5) is 0 Å². The second-order valence-corrected chi connectivity index (χ2v) is 5.57. The van der Waals surface area contributed by atoms with E-state index < -0.39 is 0 Å². The van der Waals surface area contributed by atoms with E-state index in [1.54, 1.807) is 18.2 Å². The third kappa shape index (κ3) is 3.46. The molecule has 0 saturated carbocycles. The molecule has 0 aliphatic rings. The van der Waals surface area contributed by atoms with Crippen molar-refractivity contribution in [3.63, 3.8) is 0 Å². The Hall–Kier alpha value is -1.03. The van der Waals surface area contributed by atoms with Gasteiger partial charge in [0.1, 0.15) is 0 Å². The molecule has 0 unspecified atom stereocenters. The average Bonchev–Trinajstić information content (AvgIpc) is 2.73. The fraction of sp³-hybridized carbons (Fsp3) is 0.0833. The van der Waals surface area contributed by atoms with Crippen LogP contribution in [0, 0.1) is 0 Å². The number of benzene rings is 1. The molecule has 0 radical (unpaired) electrons. The van der Waals surface area contributed by atoms with Crippen molar-refractivity contribution in [2.45, 2.75) is 6.54 Å². The van der Waals surface area contributed by atoms with Crippen LogP contribution in [0.1, 0.15) is 15.2 Å². The number of amides is 1. The number of carbonyl (C=O) groups is 1. The second kappa shape index (κ2) is 5.54. The van der Waals surface area contributed by atoms with E-state index in [-0.39, 0.29) is 5.91 Å². The van der Waals surface area contributed by atoms with E-state index in [0.717, 1.165) is 5.56 Å². The molecule has 1 amide bonds. The minimum atomic E-state index is -0.123. The molecule has 0 bridgehead atoms. The summed E-state index contributed by atoms with van der Waals surface area (Å²) < 4.78 is 0.609. The third-order valence-corrected chi connectivity index (χ3v) is 3.60.